The van der Waals surface area contributed by atoms with Crippen molar-refractivity contribution in [3.63, 3.8) is 0 Å². The van der Waals surface area contributed by atoms with Gasteiger partial charge < -0.3 is 20.4 Å². The molecule has 0 fully saturated rings. The van der Waals surface area contributed by atoms with Crippen molar-refractivity contribution < 1.29 is 9.53 Å². The minimum atomic E-state index is -0.357. The van der Waals surface area contributed by atoms with E-state index in [0.717, 1.165) is 27.9 Å². The SMILES string of the molecule is CN(C)Cc1ccc(COc2ccc3cc(C(=O)N(C)C(=N)N)[nH]c3c2)cc1. The molecule has 4 N–H and O–H groups in total. The second-order valence-electron chi connectivity index (χ2n) is 7.02. The topological polar surface area (TPSA) is 98.4 Å². The van der Waals surface area contributed by atoms with Crippen molar-refractivity contribution in [2.75, 3.05) is 21.1 Å². The van der Waals surface area contributed by atoms with Gasteiger partial charge in [0.1, 0.15) is 18.1 Å². The Morgan fingerprint density at radius 1 is 1.07 bits per heavy atom. The molecule has 7 nitrogen and oxygen atoms in total. The maximum absolute atomic E-state index is 12.3. The van der Waals surface area contributed by atoms with Crippen LogP contribution in [0.1, 0.15) is 21.6 Å². The lowest BCUT2D eigenvalue weighted by Crippen LogP contribution is -2.38. The monoisotopic (exact) mass is 379 g/mol. The van der Waals surface area contributed by atoms with Crippen LogP contribution in [0.15, 0.2) is 48.5 Å². The number of aromatic nitrogens is 1. The third kappa shape index (κ3) is 4.50. The van der Waals surface area contributed by atoms with Gasteiger partial charge in [-0.1, -0.05) is 24.3 Å². The largest absolute Gasteiger partial charge is 0.489 e. The summed E-state index contributed by atoms with van der Waals surface area (Å²) in [6, 6.07) is 15.7. The molecule has 1 aromatic heterocycles. The first-order valence-corrected chi connectivity index (χ1v) is 8.93. The van der Waals surface area contributed by atoms with Gasteiger partial charge in [0.25, 0.3) is 5.91 Å². The summed E-state index contributed by atoms with van der Waals surface area (Å²) in [5.41, 5.74) is 8.89. The number of carbonyl (C=O) groups excluding carboxylic acids is 1. The molecule has 0 unspecified atom stereocenters. The fourth-order valence-electron chi connectivity index (χ4n) is 2.87. The zero-order chi connectivity index (χ0) is 20.3. The molecule has 0 bridgehead atoms. The molecule has 0 saturated heterocycles. The Morgan fingerprint density at radius 3 is 2.39 bits per heavy atom. The lowest BCUT2D eigenvalue weighted by molar-refractivity contribution is 0.0864. The highest BCUT2D eigenvalue weighted by molar-refractivity contribution is 6.05. The van der Waals surface area contributed by atoms with Gasteiger partial charge in [-0.2, -0.15) is 0 Å². The molecule has 1 amide bonds. The molecule has 3 rings (SSSR count). The molecule has 0 aliphatic heterocycles. The van der Waals surface area contributed by atoms with Crippen molar-refractivity contribution in [1.29, 1.82) is 5.41 Å². The van der Waals surface area contributed by atoms with Crippen LogP contribution in [-0.4, -0.2) is 47.8 Å². The van der Waals surface area contributed by atoms with Crippen LogP contribution in [0.4, 0.5) is 0 Å². The number of hydrogen-bond acceptors (Lipinski definition) is 4. The van der Waals surface area contributed by atoms with Crippen LogP contribution in [0.3, 0.4) is 0 Å². The quantitative estimate of drug-likeness (QED) is 0.453. The summed E-state index contributed by atoms with van der Waals surface area (Å²) >= 11 is 0. The number of carbonyl (C=O) groups is 1. The molecule has 28 heavy (non-hydrogen) atoms. The van der Waals surface area contributed by atoms with Crippen molar-refractivity contribution >= 4 is 22.8 Å². The normalized spacial score (nSPS) is 11.0. The second kappa shape index (κ2) is 8.14. The number of guanidine groups is 1. The van der Waals surface area contributed by atoms with E-state index >= 15 is 0 Å². The van der Waals surface area contributed by atoms with Gasteiger partial charge in [0.2, 0.25) is 0 Å². The molecule has 0 radical (unpaired) electrons. The highest BCUT2D eigenvalue weighted by Crippen LogP contribution is 2.23. The number of H-pyrrole nitrogens is 1. The summed E-state index contributed by atoms with van der Waals surface area (Å²) in [6.07, 6.45) is 0. The van der Waals surface area contributed by atoms with E-state index in [9.17, 15) is 4.79 Å². The fourth-order valence-corrected chi connectivity index (χ4v) is 2.87. The molecule has 0 atom stereocenters. The lowest BCUT2D eigenvalue weighted by Gasteiger charge is -2.12. The summed E-state index contributed by atoms with van der Waals surface area (Å²) in [5, 5.41) is 8.27. The Balaban J connectivity index is 1.69. The third-order valence-electron chi connectivity index (χ3n) is 4.42. The van der Waals surface area contributed by atoms with E-state index in [0.29, 0.717) is 18.1 Å². The molecule has 2 aromatic carbocycles. The van der Waals surface area contributed by atoms with Crippen molar-refractivity contribution in [3.8, 4) is 5.75 Å². The summed E-state index contributed by atoms with van der Waals surface area (Å²) in [7, 11) is 5.56. The Labute approximate surface area is 164 Å². The predicted octanol–water partition coefficient (Wildman–Crippen LogP) is 2.77. The minimum Gasteiger partial charge on any atom is -0.489 e. The lowest BCUT2D eigenvalue weighted by atomic mass is 10.1. The van der Waals surface area contributed by atoms with E-state index in [1.165, 1.54) is 12.6 Å². The van der Waals surface area contributed by atoms with Gasteiger partial charge in [0.05, 0.1) is 0 Å². The Kier molecular flexibility index (Phi) is 5.65. The van der Waals surface area contributed by atoms with E-state index < -0.39 is 0 Å². The third-order valence-corrected chi connectivity index (χ3v) is 4.42. The molecule has 0 aliphatic rings. The first-order chi connectivity index (χ1) is 13.3. The maximum Gasteiger partial charge on any atom is 0.276 e. The Bertz CT molecular complexity index is 992. The minimum absolute atomic E-state index is 0.302. The van der Waals surface area contributed by atoms with E-state index in [1.807, 2.05) is 32.3 Å². The summed E-state index contributed by atoms with van der Waals surface area (Å²) in [5.74, 6) is 0.0545. The summed E-state index contributed by atoms with van der Waals surface area (Å²) < 4.78 is 5.90. The number of fused-ring (bicyclic) bond motifs is 1. The predicted molar refractivity (Wildman–Crippen MR) is 110 cm³/mol. The van der Waals surface area contributed by atoms with Crippen LogP contribution in [0.2, 0.25) is 0 Å². The van der Waals surface area contributed by atoms with E-state index in [2.05, 4.69) is 34.1 Å². The van der Waals surface area contributed by atoms with E-state index in [4.69, 9.17) is 15.9 Å². The van der Waals surface area contributed by atoms with Crippen LogP contribution in [0.5, 0.6) is 5.75 Å². The van der Waals surface area contributed by atoms with Crippen LogP contribution in [-0.2, 0) is 13.2 Å². The number of ether oxygens (including phenoxy) is 1. The first-order valence-electron chi connectivity index (χ1n) is 8.93. The molecule has 0 spiro atoms. The summed E-state index contributed by atoms with van der Waals surface area (Å²) in [6.45, 7) is 1.37. The van der Waals surface area contributed by atoms with Crippen LogP contribution < -0.4 is 10.5 Å². The van der Waals surface area contributed by atoms with Crippen LogP contribution in [0.25, 0.3) is 10.9 Å². The zero-order valence-electron chi connectivity index (χ0n) is 16.3. The van der Waals surface area contributed by atoms with Gasteiger partial charge in [-0.3, -0.25) is 15.1 Å². The van der Waals surface area contributed by atoms with Crippen molar-refractivity contribution in [3.05, 3.63) is 65.4 Å². The first kappa shape index (κ1) is 19.4. The number of hydrogen-bond donors (Lipinski definition) is 3. The van der Waals surface area contributed by atoms with Crippen LogP contribution >= 0.6 is 0 Å². The zero-order valence-corrected chi connectivity index (χ0v) is 16.3. The average molecular weight is 379 g/mol. The van der Waals surface area contributed by atoms with E-state index in [-0.39, 0.29) is 11.9 Å². The number of nitrogens with one attached hydrogen (secondary N) is 2. The molecule has 0 saturated carbocycles. The Hall–Kier alpha value is -3.32. The molecule has 7 heteroatoms. The van der Waals surface area contributed by atoms with Crippen molar-refractivity contribution in [2.24, 2.45) is 5.73 Å². The van der Waals surface area contributed by atoms with Gasteiger partial charge in [-0.05, 0) is 43.4 Å². The number of nitrogens with two attached hydrogens (primary N) is 1. The van der Waals surface area contributed by atoms with Gasteiger partial charge in [0, 0.05) is 30.6 Å². The van der Waals surface area contributed by atoms with Gasteiger partial charge >= 0.3 is 0 Å². The number of benzene rings is 2. The maximum atomic E-state index is 12.3. The number of nitrogens with zero attached hydrogens (tertiary/aromatic N) is 2. The Morgan fingerprint density at radius 2 is 1.75 bits per heavy atom. The van der Waals surface area contributed by atoms with Crippen molar-refractivity contribution in [2.45, 2.75) is 13.2 Å². The molecular weight excluding hydrogens is 354 g/mol. The number of rotatable bonds is 6. The highest BCUT2D eigenvalue weighted by Gasteiger charge is 2.16. The molecule has 146 valence electrons. The fraction of sp³-hybridized carbons (Fsp3) is 0.238. The molecule has 0 aliphatic carbocycles. The number of aromatic amines is 1. The highest BCUT2D eigenvalue weighted by atomic mass is 16.5. The molecule has 3 aromatic rings. The van der Waals surface area contributed by atoms with Gasteiger partial charge in [-0.15, -0.1) is 0 Å². The smallest absolute Gasteiger partial charge is 0.276 e. The molecule has 1 heterocycles. The van der Waals surface area contributed by atoms with Crippen molar-refractivity contribution in [1.82, 2.24) is 14.8 Å². The molecular formula is C21H25N5O2. The van der Waals surface area contributed by atoms with E-state index in [1.54, 1.807) is 6.07 Å². The van der Waals surface area contributed by atoms with Gasteiger partial charge in [0.15, 0.2) is 5.96 Å². The number of amides is 1. The second-order valence-corrected chi connectivity index (χ2v) is 7.02. The summed E-state index contributed by atoms with van der Waals surface area (Å²) in [4.78, 5) is 18.6. The van der Waals surface area contributed by atoms with Gasteiger partial charge in [-0.25, -0.2) is 0 Å². The van der Waals surface area contributed by atoms with Crippen LogP contribution in [0, 0.1) is 5.41 Å². The average Bonchev–Trinajstić information content (AvgIpc) is 3.09. The standard InChI is InChI=1S/C21H25N5O2/c1-25(2)12-14-4-6-15(7-5-14)13-28-17-9-8-16-10-19(24-18(16)11-17)20(27)26(3)21(22)23/h4-11,24H,12-13H2,1-3H3,(H3,22,23).